The Kier molecular flexibility index (Phi) is 4.66. The molecule has 0 saturated heterocycles. The van der Waals surface area contributed by atoms with Crippen molar-refractivity contribution in [2.24, 2.45) is 11.8 Å². The number of aliphatic hydroxyl groups excluding tert-OH is 1. The SMILES string of the molecule is CC(CC1CCCC1)NC(CCO)C1CC1. The Bertz CT molecular complexity index is 197. The highest BCUT2D eigenvalue weighted by molar-refractivity contribution is 4.88. The standard InChI is InChI=1S/C14H27NO/c1-11(10-12-4-2-3-5-12)15-14(8-9-16)13-6-7-13/h11-16H,2-10H2,1H3. The minimum Gasteiger partial charge on any atom is -0.396 e. The minimum absolute atomic E-state index is 0.338. The van der Waals surface area contributed by atoms with Crippen molar-refractivity contribution < 1.29 is 5.11 Å². The fourth-order valence-corrected chi connectivity index (χ4v) is 3.27. The molecule has 2 fully saturated rings. The maximum atomic E-state index is 9.07. The van der Waals surface area contributed by atoms with Crippen molar-refractivity contribution in [2.75, 3.05) is 6.61 Å². The molecule has 2 saturated carbocycles. The van der Waals surface area contributed by atoms with E-state index in [4.69, 9.17) is 5.11 Å². The summed E-state index contributed by atoms with van der Waals surface area (Å²) in [4.78, 5) is 0. The van der Waals surface area contributed by atoms with E-state index in [0.29, 0.717) is 18.7 Å². The van der Waals surface area contributed by atoms with Crippen molar-refractivity contribution in [3.63, 3.8) is 0 Å². The van der Waals surface area contributed by atoms with Crippen molar-refractivity contribution in [1.29, 1.82) is 0 Å². The first kappa shape index (κ1) is 12.4. The molecular weight excluding hydrogens is 198 g/mol. The van der Waals surface area contributed by atoms with Gasteiger partial charge in [0, 0.05) is 18.7 Å². The first-order valence-electron chi connectivity index (χ1n) is 7.16. The number of hydrogen-bond donors (Lipinski definition) is 2. The van der Waals surface area contributed by atoms with E-state index < -0.39 is 0 Å². The van der Waals surface area contributed by atoms with Gasteiger partial charge in [0.25, 0.3) is 0 Å². The quantitative estimate of drug-likeness (QED) is 0.698. The molecule has 0 bridgehead atoms. The fourth-order valence-electron chi connectivity index (χ4n) is 3.27. The molecule has 2 nitrogen and oxygen atoms in total. The van der Waals surface area contributed by atoms with E-state index in [1.165, 1.54) is 44.9 Å². The van der Waals surface area contributed by atoms with Crippen molar-refractivity contribution in [3.8, 4) is 0 Å². The zero-order valence-electron chi connectivity index (χ0n) is 10.6. The first-order chi connectivity index (χ1) is 7.79. The van der Waals surface area contributed by atoms with Gasteiger partial charge in [-0.25, -0.2) is 0 Å². The van der Waals surface area contributed by atoms with Gasteiger partial charge in [-0.1, -0.05) is 25.7 Å². The largest absolute Gasteiger partial charge is 0.396 e. The van der Waals surface area contributed by atoms with Gasteiger partial charge in [-0.2, -0.15) is 0 Å². The van der Waals surface area contributed by atoms with Crippen molar-refractivity contribution in [2.45, 2.75) is 70.4 Å². The first-order valence-corrected chi connectivity index (χ1v) is 7.16. The summed E-state index contributed by atoms with van der Waals surface area (Å²) in [6.07, 6.45) is 10.8. The van der Waals surface area contributed by atoms with Crippen LogP contribution < -0.4 is 5.32 Å². The smallest absolute Gasteiger partial charge is 0.0445 e. The molecular formula is C14H27NO. The molecule has 2 N–H and O–H groups in total. The summed E-state index contributed by atoms with van der Waals surface area (Å²) in [6, 6.07) is 1.22. The van der Waals surface area contributed by atoms with Gasteiger partial charge in [0.15, 0.2) is 0 Å². The molecule has 2 unspecified atom stereocenters. The lowest BCUT2D eigenvalue weighted by molar-refractivity contribution is 0.244. The maximum Gasteiger partial charge on any atom is 0.0445 e. The lowest BCUT2D eigenvalue weighted by Gasteiger charge is -2.24. The van der Waals surface area contributed by atoms with Gasteiger partial charge in [-0.15, -0.1) is 0 Å². The molecule has 2 rings (SSSR count). The number of aliphatic hydroxyl groups is 1. The molecule has 0 aliphatic heterocycles. The average molecular weight is 225 g/mol. The molecule has 16 heavy (non-hydrogen) atoms. The Balaban J connectivity index is 1.68. The predicted octanol–water partition coefficient (Wildman–Crippen LogP) is 2.71. The van der Waals surface area contributed by atoms with Gasteiger partial charge in [-0.3, -0.25) is 0 Å². The van der Waals surface area contributed by atoms with E-state index >= 15 is 0 Å². The second-order valence-corrected chi connectivity index (χ2v) is 5.91. The van der Waals surface area contributed by atoms with Crippen molar-refractivity contribution in [1.82, 2.24) is 5.32 Å². The van der Waals surface area contributed by atoms with Crippen LogP contribution in [-0.4, -0.2) is 23.8 Å². The van der Waals surface area contributed by atoms with Crippen LogP contribution >= 0.6 is 0 Å². The third-order valence-electron chi connectivity index (χ3n) is 4.29. The van der Waals surface area contributed by atoms with Gasteiger partial charge < -0.3 is 10.4 Å². The number of hydrogen-bond acceptors (Lipinski definition) is 2. The van der Waals surface area contributed by atoms with E-state index in [0.717, 1.165) is 18.3 Å². The second-order valence-electron chi connectivity index (χ2n) is 5.91. The second kappa shape index (κ2) is 6.02. The molecule has 0 heterocycles. The fraction of sp³-hybridized carbons (Fsp3) is 1.00. The summed E-state index contributed by atoms with van der Waals surface area (Å²) >= 11 is 0. The Labute approximate surface area is 99.8 Å². The molecule has 0 aromatic rings. The van der Waals surface area contributed by atoms with Crippen LogP contribution in [0.3, 0.4) is 0 Å². The summed E-state index contributed by atoms with van der Waals surface area (Å²) in [5.74, 6) is 1.83. The van der Waals surface area contributed by atoms with E-state index in [9.17, 15) is 0 Å². The predicted molar refractivity (Wildman–Crippen MR) is 67.4 cm³/mol. The van der Waals surface area contributed by atoms with E-state index in [1.54, 1.807) is 0 Å². The molecule has 2 aliphatic carbocycles. The van der Waals surface area contributed by atoms with Crippen LogP contribution in [0.25, 0.3) is 0 Å². The lowest BCUT2D eigenvalue weighted by atomic mass is 9.98. The molecule has 0 amide bonds. The molecule has 0 aromatic carbocycles. The zero-order chi connectivity index (χ0) is 11.4. The van der Waals surface area contributed by atoms with Crippen LogP contribution in [-0.2, 0) is 0 Å². The molecule has 0 radical (unpaired) electrons. The molecule has 2 atom stereocenters. The minimum atomic E-state index is 0.338. The Morgan fingerprint density at radius 2 is 1.88 bits per heavy atom. The van der Waals surface area contributed by atoms with E-state index in [2.05, 4.69) is 12.2 Å². The van der Waals surface area contributed by atoms with Gasteiger partial charge in [0.05, 0.1) is 0 Å². The Hall–Kier alpha value is -0.0800. The monoisotopic (exact) mass is 225 g/mol. The highest BCUT2D eigenvalue weighted by Crippen LogP contribution is 2.35. The topological polar surface area (TPSA) is 32.3 Å². The van der Waals surface area contributed by atoms with Crippen LogP contribution in [0, 0.1) is 11.8 Å². The summed E-state index contributed by atoms with van der Waals surface area (Å²) in [5, 5.41) is 12.8. The highest BCUT2D eigenvalue weighted by atomic mass is 16.3. The molecule has 2 heteroatoms. The van der Waals surface area contributed by atoms with Crippen LogP contribution in [0.15, 0.2) is 0 Å². The third-order valence-corrected chi connectivity index (χ3v) is 4.29. The third kappa shape index (κ3) is 3.74. The summed E-state index contributed by atoms with van der Waals surface area (Å²) in [5.41, 5.74) is 0. The Morgan fingerprint density at radius 3 is 2.44 bits per heavy atom. The van der Waals surface area contributed by atoms with Crippen LogP contribution in [0.4, 0.5) is 0 Å². The highest BCUT2D eigenvalue weighted by Gasteiger charge is 2.31. The van der Waals surface area contributed by atoms with Gasteiger partial charge in [0.1, 0.15) is 0 Å². The van der Waals surface area contributed by atoms with Gasteiger partial charge in [0.2, 0.25) is 0 Å². The average Bonchev–Trinajstić information content (AvgIpc) is 2.98. The van der Waals surface area contributed by atoms with E-state index in [-0.39, 0.29) is 0 Å². The van der Waals surface area contributed by atoms with Crippen molar-refractivity contribution >= 4 is 0 Å². The summed E-state index contributed by atoms with van der Waals surface area (Å²) < 4.78 is 0. The number of nitrogens with one attached hydrogen (secondary N) is 1. The zero-order valence-corrected chi connectivity index (χ0v) is 10.6. The molecule has 0 spiro atoms. The lowest BCUT2D eigenvalue weighted by Crippen LogP contribution is -2.39. The number of rotatable bonds is 7. The summed E-state index contributed by atoms with van der Waals surface area (Å²) in [6.45, 7) is 2.66. The normalized spacial score (nSPS) is 25.9. The molecule has 94 valence electrons. The van der Waals surface area contributed by atoms with Crippen LogP contribution in [0.1, 0.15) is 58.3 Å². The summed E-state index contributed by atoms with van der Waals surface area (Å²) in [7, 11) is 0. The van der Waals surface area contributed by atoms with Gasteiger partial charge in [-0.05, 0) is 44.4 Å². The molecule has 0 aromatic heterocycles. The van der Waals surface area contributed by atoms with Crippen molar-refractivity contribution in [3.05, 3.63) is 0 Å². The maximum absolute atomic E-state index is 9.07. The van der Waals surface area contributed by atoms with Crippen LogP contribution in [0.5, 0.6) is 0 Å². The van der Waals surface area contributed by atoms with E-state index in [1.807, 2.05) is 0 Å². The molecule has 2 aliphatic rings. The van der Waals surface area contributed by atoms with Crippen LogP contribution in [0.2, 0.25) is 0 Å². The van der Waals surface area contributed by atoms with Gasteiger partial charge >= 0.3 is 0 Å². The Morgan fingerprint density at radius 1 is 1.19 bits per heavy atom.